The number of aromatic amines is 1. The molecule has 6 nitrogen and oxygen atoms in total. The summed E-state index contributed by atoms with van der Waals surface area (Å²) in [6.07, 6.45) is 1.84. The summed E-state index contributed by atoms with van der Waals surface area (Å²) in [5, 5.41) is 12.6. The average Bonchev–Trinajstić information content (AvgIpc) is 3.30. The first-order valence-electron chi connectivity index (χ1n) is 8.23. The number of carbonyl (C=O) groups is 1. The number of rotatable bonds is 5. The lowest BCUT2D eigenvalue weighted by Gasteiger charge is -2.09. The Bertz CT molecular complexity index is 1090. The summed E-state index contributed by atoms with van der Waals surface area (Å²) in [5.41, 5.74) is 2.51. The van der Waals surface area contributed by atoms with E-state index in [0.717, 1.165) is 16.5 Å². The van der Waals surface area contributed by atoms with Crippen LogP contribution in [0, 0.1) is 0 Å². The molecule has 0 aliphatic carbocycles. The molecule has 0 fully saturated rings. The highest BCUT2D eigenvalue weighted by Gasteiger charge is 2.20. The number of nitrogens with zero attached hydrogens (tertiary/aromatic N) is 2. The Morgan fingerprint density at radius 3 is 2.78 bits per heavy atom. The van der Waals surface area contributed by atoms with Crippen LogP contribution in [-0.4, -0.2) is 26.3 Å². The van der Waals surface area contributed by atoms with Gasteiger partial charge in [-0.25, -0.2) is 0 Å². The Morgan fingerprint density at radius 2 is 1.96 bits per heavy atom. The van der Waals surface area contributed by atoms with Crippen LogP contribution in [0.15, 0.2) is 64.4 Å². The summed E-state index contributed by atoms with van der Waals surface area (Å²) >= 11 is 7.06. The molecule has 0 aliphatic rings. The summed E-state index contributed by atoms with van der Waals surface area (Å²) in [7, 11) is 0. The van der Waals surface area contributed by atoms with Gasteiger partial charge in [-0.1, -0.05) is 41.6 Å². The number of aromatic nitrogens is 3. The fraction of sp³-hybridized carbons (Fsp3) is 0.105. The Morgan fingerprint density at radius 1 is 1.19 bits per heavy atom. The van der Waals surface area contributed by atoms with E-state index in [-0.39, 0.29) is 5.91 Å². The van der Waals surface area contributed by atoms with Crippen molar-refractivity contribution in [3.05, 3.63) is 59.8 Å². The Balaban J connectivity index is 1.45. The molecule has 0 spiro atoms. The van der Waals surface area contributed by atoms with Crippen LogP contribution in [0.2, 0.25) is 5.02 Å². The minimum Gasteiger partial charge on any atom is -0.411 e. The highest BCUT2D eigenvalue weighted by atomic mass is 35.5. The molecule has 4 aromatic rings. The van der Waals surface area contributed by atoms with Crippen molar-refractivity contribution in [1.29, 1.82) is 0 Å². The second-order valence-electron chi connectivity index (χ2n) is 5.88. The third kappa shape index (κ3) is 3.84. The number of hydrogen-bond donors (Lipinski definition) is 2. The van der Waals surface area contributed by atoms with Gasteiger partial charge in [0.15, 0.2) is 0 Å². The lowest BCUT2D eigenvalue weighted by molar-refractivity contribution is -0.115. The molecule has 1 atom stereocenters. The van der Waals surface area contributed by atoms with Gasteiger partial charge < -0.3 is 14.7 Å². The van der Waals surface area contributed by atoms with Gasteiger partial charge in [-0.05, 0) is 37.3 Å². The average molecular weight is 399 g/mol. The van der Waals surface area contributed by atoms with Crippen molar-refractivity contribution in [2.45, 2.75) is 17.4 Å². The highest BCUT2D eigenvalue weighted by Crippen LogP contribution is 2.31. The molecular formula is C19H15ClN4O2S. The molecule has 0 aliphatic heterocycles. The van der Waals surface area contributed by atoms with Gasteiger partial charge in [-0.2, -0.15) is 0 Å². The van der Waals surface area contributed by atoms with Gasteiger partial charge in [0.05, 0.1) is 10.8 Å². The molecule has 0 unspecified atom stereocenters. The predicted molar refractivity (Wildman–Crippen MR) is 107 cm³/mol. The predicted octanol–water partition coefficient (Wildman–Crippen LogP) is 4.99. The quantitative estimate of drug-likeness (QED) is 0.462. The van der Waals surface area contributed by atoms with Crippen LogP contribution < -0.4 is 5.32 Å². The minimum absolute atomic E-state index is 0.158. The zero-order chi connectivity index (χ0) is 18.8. The molecule has 4 rings (SSSR count). The normalized spacial score (nSPS) is 12.2. The van der Waals surface area contributed by atoms with Gasteiger partial charge >= 0.3 is 0 Å². The molecule has 0 saturated carbocycles. The second kappa shape index (κ2) is 7.46. The number of fused-ring (bicyclic) bond motifs is 1. The zero-order valence-electron chi connectivity index (χ0n) is 14.3. The van der Waals surface area contributed by atoms with Crippen molar-refractivity contribution >= 4 is 45.9 Å². The molecule has 2 heterocycles. The first kappa shape index (κ1) is 17.6. The van der Waals surface area contributed by atoms with Crippen LogP contribution in [0.25, 0.3) is 22.4 Å². The zero-order valence-corrected chi connectivity index (χ0v) is 15.8. The molecule has 2 N–H and O–H groups in total. The Kier molecular flexibility index (Phi) is 4.87. The van der Waals surface area contributed by atoms with Crippen molar-refractivity contribution in [3.8, 4) is 11.5 Å². The van der Waals surface area contributed by atoms with Crippen molar-refractivity contribution in [1.82, 2.24) is 15.2 Å². The largest absolute Gasteiger partial charge is 0.411 e. The molecular weight excluding hydrogens is 384 g/mol. The number of para-hydroxylation sites is 1. The number of hydrogen-bond acceptors (Lipinski definition) is 5. The Labute approximate surface area is 164 Å². The SMILES string of the molecule is C[C@H](Sc1nnc(-c2c[nH]c3ccccc23)o1)C(=O)Nc1ccc(Cl)cc1. The summed E-state index contributed by atoms with van der Waals surface area (Å²) in [5.74, 6) is 0.259. The Hall–Kier alpha value is -2.77. The lowest BCUT2D eigenvalue weighted by Crippen LogP contribution is -2.22. The molecule has 2 aromatic heterocycles. The van der Waals surface area contributed by atoms with E-state index in [1.165, 1.54) is 11.8 Å². The summed E-state index contributed by atoms with van der Waals surface area (Å²) in [6, 6.07) is 14.8. The molecule has 1 amide bonds. The van der Waals surface area contributed by atoms with E-state index in [4.69, 9.17) is 16.0 Å². The van der Waals surface area contributed by atoms with Gasteiger partial charge in [0, 0.05) is 27.8 Å². The molecule has 136 valence electrons. The molecule has 8 heteroatoms. The van der Waals surface area contributed by atoms with E-state index < -0.39 is 5.25 Å². The number of carbonyl (C=O) groups excluding carboxylic acids is 1. The van der Waals surface area contributed by atoms with Crippen molar-refractivity contribution in [2.75, 3.05) is 5.32 Å². The van der Waals surface area contributed by atoms with Gasteiger partial charge in [-0.15, -0.1) is 10.2 Å². The maximum Gasteiger partial charge on any atom is 0.277 e. The first-order valence-corrected chi connectivity index (χ1v) is 9.49. The molecule has 2 aromatic carbocycles. The molecule has 0 radical (unpaired) electrons. The van der Waals surface area contributed by atoms with E-state index >= 15 is 0 Å². The van der Waals surface area contributed by atoms with Crippen LogP contribution in [0.4, 0.5) is 5.69 Å². The summed E-state index contributed by atoms with van der Waals surface area (Å²) in [6.45, 7) is 1.78. The molecule has 0 saturated heterocycles. The van der Waals surface area contributed by atoms with Crippen LogP contribution in [0.5, 0.6) is 0 Å². The van der Waals surface area contributed by atoms with Crippen LogP contribution in [-0.2, 0) is 4.79 Å². The van der Waals surface area contributed by atoms with Crippen LogP contribution >= 0.6 is 23.4 Å². The number of halogens is 1. The van der Waals surface area contributed by atoms with Crippen LogP contribution in [0.3, 0.4) is 0 Å². The lowest BCUT2D eigenvalue weighted by atomic mass is 10.2. The van der Waals surface area contributed by atoms with E-state index in [1.54, 1.807) is 31.2 Å². The summed E-state index contributed by atoms with van der Waals surface area (Å²) in [4.78, 5) is 15.5. The fourth-order valence-corrected chi connectivity index (χ4v) is 3.41. The standard InChI is InChI=1S/C19H15ClN4O2S/c1-11(17(25)22-13-8-6-12(20)7-9-13)27-19-24-23-18(26-19)15-10-21-16-5-3-2-4-14(15)16/h2-11,21H,1H3,(H,22,25)/t11-/m0/s1. The van der Waals surface area contributed by atoms with E-state index in [9.17, 15) is 4.79 Å². The second-order valence-corrected chi connectivity index (χ2v) is 7.61. The topological polar surface area (TPSA) is 83.8 Å². The molecule has 27 heavy (non-hydrogen) atoms. The molecule has 0 bridgehead atoms. The van der Waals surface area contributed by atoms with Crippen molar-refractivity contribution < 1.29 is 9.21 Å². The monoisotopic (exact) mass is 398 g/mol. The van der Waals surface area contributed by atoms with Crippen molar-refractivity contribution in [2.24, 2.45) is 0 Å². The van der Waals surface area contributed by atoms with E-state index in [2.05, 4.69) is 20.5 Å². The van der Waals surface area contributed by atoms with E-state index in [1.807, 2.05) is 30.5 Å². The van der Waals surface area contributed by atoms with E-state index in [0.29, 0.717) is 21.8 Å². The number of thioether (sulfide) groups is 1. The first-order chi connectivity index (χ1) is 13.1. The third-order valence-electron chi connectivity index (χ3n) is 3.98. The maximum atomic E-state index is 12.4. The fourth-order valence-electron chi connectivity index (χ4n) is 2.60. The number of benzene rings is 2. The van der Waals surface area contributed by atoms with Gasteiger partial charge in [0.25, 0.3) is 11.1 Å². The smallest absolute Gasteiger partial charge is 0.277 e. The highest BCUT2D eigenvalue weighted by molar-refractivity contribution is 8.00. The van der Waals surface area contributed by atoms with Gasteiger partial charge in [0.1, 0.15) is 0 Å². The number of nitrogens with one attached hydrogen (secondary N) is 2. The number of H-pyrrole nitrogens is 1. The van der Waals surface area contributed by atoms with Crippen molar-refractivity contribution in [3.63, 3.8) is 0 Å². The summed E-state index contributed by atoms with van der Waals surface area (Å²) < 4.78 is 5.75. The third-order valence-corrected chi connectivity index (χ3v) is 5.17. The maximum absolute atomic E-state index is 12.4. The number of anilines is 1. The van der Waals surface area contributed by atoms with Crippen LogP contribution in [0.1, 0.15) is 6.92 Å². The van der Waals surface area contributed by atoms with Gasteiger partial charge in [-0.3, -0.25) is 4.79 Å². The minimum atomic E-state index is -0.406. The van der Waals surface area contributed by atoms with Gasteiger partial charge in [0.2, 0.25) is 5.91 Å². The number of amides is 1.